The fourth-order valence-electron chi connectivity index (χ4n) is 2.78. The molecule has 82 valence electrons. The van der Waals surface area contributed by atoms with Crippen LogP contribution in [0.5, 0.6) is 0 Å². The average molecular weight is 199 g/mol. The third kappa shape index (κ3) is 2.27. The Kier molecular flexibility index (Phi) is 3.42. The van der Waals surface area contributed by atoms with E-state index in [0.29, 0.717) is 6.04 Å². The molecule has 0 aromatic rings. The first-order valence-electron chi connectivity index (χ1n) is 5.87. The standard InChI is InChI=1S/C11H21NO2/c13-9-3-2-7-12(8-6-9)10-4-1-5-11(10)14/h9-11,13-14H,1-8H2. The Hall–Kier alpha value is -0.120. The average Bonchev–Trinajstić information content (AvgIpc) is 2.46. The summed E-state index contributed by atoms with van der Waals surface area (Å²) >= 11 is 0. The molecule has 1 aliphatic carbocycles. The van der Waals surface area contributed by atoms with Gasteiger partial charge in [0.1, 0.15) is 0 Å². The highest BCUT2D eigenvalue weighted by atomic mass is 16.3. The van der Waals surface area contributed by atoms with Crippen molar-refractivity contribution in [2.75, 3.05) is 13.1 Å². The minimum atomic E-state index is -0.120. The summed E-state index contributed by atoms with van der Waals surface area (Å²) in [6, 6.07) is 0.375. The van der Waals surface area contributed by atoms with Gasteiger partial charge in [0, 0.05) is 12.6 Å². The lowest BCUT2D eigenvalue weighted by molar-refractivity contribution is 0.0692. The Morgan fingerprint density at radius 2 is 1.71 bits per heavy atom. The Morgan fingerprint density at radius 1 is 0.857 bits per heavy atom. The van der Waals surface area contributed by atoms with Gasteiger partial charge in [0.2, 0.25) is 0 Å². The van der Waals surface area contributed by atoms with Gasteiger partial charge in [-0.25, -0.2) is 0 Å². The Labute approximate surface area is 85.7 Å². The molecule has 0 bridgehead atoms. The zero-order chi connectivity index (χ0) is 9.97. The molecule has 0 aromatic heterocycles. The lowest BCUT2D eigenvalue weighted by atomic mass is 10.1. The number of hydrogen-bond acceptors (Lipinski definition) is 3. The highest BCUT2D eigenvalue weighted by Gasteiger charge is 2.31. The summed E-state index contributed by atoms with van der Waals surface area (Å²) in [6.45, 7) is 2.02. The maximum absolute atomic E-state index is 9.79. The lowest BCUT2D eigenvalue weighted by Gasteiger charge is -2.29. The number of aliphatic hydroxyl groups excluding tert-OH is 2. The molecule has 0 amide bonds. The molecule has 2 aliphatic rings. The topological polar surface area (TPSA) is 43.7 Å². The lowest BCUT2D eigenvalue weighted by Crippen LogP contribution is -2.41. The van der Waals surface area contributed by atoms with Gasteiger partial charge in [-0.2, -0.15) is 0 Å². The third-order valence-corrected chi connectivity index (χ3v) is 3.65. The largest absolute Gasteiger partial charge is 0.393 e. The van der Waals surface area contributed by atoms with Crippen molar-refractivity contribution < 1.29 is 10.2 Å². The minimum Gasteiger partial charge on any atom is -0.393 e. The number of likely N-dealkylation sites (tertiary alicyclic amines) is 1. The van der Waals surface area contributed by atoms with E-state index in [1.165, 1.54) is 0 Å². The van der Waals surface area contributed by atoms with Crippen LogP contribution in [0, 0.1) is 0 Å². The van der Waals surface area contributed by atoms with Crippen molar-refractivity contribution in [1.82, 2.24) is 4.90 Å². The summed E-state index contributed by atoms with van der Waals surface area (Å²) in [5, 5.41) is 19.3. The summed E-state index contributed by atoms with van der Waals surface area (Å²) in [5.74, 6) is 0. The van der Waals surface area contributed by atoms with Crippen LogP contribution in [0.1, 0.15) is 38.5 Å². The van der Waals surface area contributed by atoms with Gasteiger partial charge in [0.25, 0.3) is 0 Å². The van der Waals surface area contributed by atoms with Crippen LogP contribution in [0.15, 0.2) is 0 Å². The zero-order valence-electron chi connectivity index (χ0n) is 8.73. The van der Waals surface area contributed by atoms with Gasteiger partial charge >= 0.3 is 0 Å². The minimum absolute atomic E-state index is 0.112. The molecule has 1 heterocycles. The van der Waals surface area contributed by atoms with Gasteiger partial charge in [0.15, 0.2) is 0 Å². The van der Waals surface area contributed by atoms with E-state index in [4.69, 9.17) is 0 Å². The molecular formula is C11H21NO2. The smallest absolute Gasteiger partial charge is 0.0695 e. The Balaban J connectivity index is 1.90. The summed E-state index contributed by atoms with van der Waals surface area (Å²) in [5.41, 5.74) is 0. The molecule has 1 saturated heterocycles. The van der Waals surface area contributed by atoms with Crippen molar-refractivity contribution in [2.24, 2.45) is 0 Å². The first kappa shape index (κ1) is 10.4. The molecule has 3 unspecified atom stereocenters. The second-order valence-electron chi connectivity index (χ2n) is 4.69. The fourth-order valence-corrected chi connectivity index (χ4v) is 2.78. The molecule has 2 fully saturated rings. The predicted molar refractivity (Wildman–Crippen MR) is 55.1 cm³/mol. The quantitative estimate of drug-likeness (QED) is 0.655. The van der Waals surface area contributed by atoms with E-state index in [-0.39, 0.29) is 12.2 Å². The first-order chi connectivity index (χ1) is 6.77. The van der Waals surface area contributed by atoms with E-state index in [9.17, 15) is 10.2 Å². The molecule has 2 N–H and O–H groups in total. The van der Waals surface area contributed by atoms with Gasteiger partial charge in [0.05, 0.1) is 12.2 Å². The second-order valence-corrected chi connectivity index (χ2v) is 4.69. The summed E-state index contributed by atoms with van der Waals surface area (Å²) in [6.07, 6.45) is 5.91. The molecule has 3 nitrogen and oxygen atoms in total. The molecule has 3 heteroatoms. The van der Waals surface area contributed by atoms with Crippen molar-refractivity contribution in [3.05, 3.63) is 0 Å². The van der Waals surface area contributed by atoms with Crippen molar-refractivity contribution >= 4 is 0 Å². The molecule has 3 atom stereocenters. The van der Waals surface area contributed by atoms with Crippen LogP contribution >= 0.6 is 0 Å². The van der Waals surface area contributed by atoms with E-state index >= 15 is 0 Å². The molecule has 0 radical (unpaired) electrons. The van der Waals surface area contributed by atoms with Gasteiger partial charge in [-0.1, -0.05) is 0 Å². The third-order valence-electron chi connectivity index (χ3n) is 3.65. The van der Waals surface area contributed by atoms with E-state index in [1.807, 2.05) is 0 Å². The molecule has 1 aliphatic heterocycles. The van der Waals surface area contributed by atoms with E-state index in [1.54, 1.807) is 0 Å². The van der Waals surface area contributed by atoms with Gasteiger partial charge in [-0.15, -0.1) is 0 Å². The number of nitrogens with zero attached hydrogens (tertiary/aromatic N) is 1. The van der Waals surface area contributed by atoms with Crippen LogP contribution in [0.2, 0.25) is 0 Å². The number of hydrogen-bond donors (Lipinski definition) is 2. The van der Waals surface area contributed by atoms with Crippen LogP contribution in [0.3, 0.4) is 0 Å². The van der Waals surface area contributed by atoms with Crippen molar-refractivity contribution in [2.45, 2.75) is 56.8 Å². The van der Waals surface area contributed by atoms with Crippen LogP contribution < -0.4 is 0 Å². The predicted octanol–water partition coefficient (Wildman–Crippen LogP) is 0.747. The number of rotatable bonds is 1. The highest BCUT2D eigenvalue weighted by molar-refractivity contribution is 4.86. The van der Waals surface area contributed by atoms with Crippen LogP contribution in [0.4, 0.5) is 0 Å². The van der Waals surface area contributed by atoms with Gasteiger partial charge in [-0.05, 0) is 45.1 Å². The monoisotopic (exact) mass is 199 g/mol. The number of aliphatic hydroxyl groups is 2. The van der Waals surface area contributed by atoms with Crippen LogP contribution in [0.25, 0.3) is 0 Å². The molecule has 0 aromatic carbocycles. The Morgan fingerprint density at radius 3 is 2.43 bits per heavy atom. The molecule has 2 rings (SSSR count). The van der Waals surface area contributed by atoms with Crippen LogP contribution in [-0.2, 0) is 0 Å². The van der Waals surface area contributed by atoms with E-state index in [0.717, 1.165) is 51.6 Å². The summed E-state index contributed by atoms with van der Waals surface area (Å²) in [4.78, 5) is 2.38. The molecule has 0 spiro atoms. The zero-order valence-corrected chi connectivity index (χ0v) is 8.73. The highest BCUT2D eigenvalue weighted by Crippen LogP contribution is 2.26. The maximum atomic E-state index is 9.79. The van der Waals surface area contributed by atoms with Crippen molar-refractivity contribution in [1.29, 1.82) is 0 Å². The van der Waals surface area contributed by atoms with Crippen LogP contribution in [-0.4, -0.2) is 46.5 Å². The molecular weight excluding hydrogens is 178 g/mol. The summed E-state index contributed by atoms with van der Waals surface area (Å²) in [7, 11) is 0. The molecule has 1 saturated carbocycles. The van der Waals surface area contributed by atoms with Gasteiger partial charge < -0.3 is 10.2 Å². The maximum Gasteiger partial charge on any atom is 0.0695 e. The first-order valence-corrected chi connectivity index (χ1v) is 5.87. The van der Waals surface area contributed by atoms with Crippen molar-refractivity contribution in [3.63, 3.8) is 0 Å². The fraction of sp³-hybridized carbons (Fsp3) is 1.00. The van der Waals surface area contributed by atoms with E-state index in [2.05, 4.69) is 4.90 Å². The second kappa shape index (κ2) is 4.60. The van der Waals surface area contributed by atoms with E-state index < -0.39 is 0 Å². The summed E-state index contributed by atoms with van der Waals surface area (Å²) < 4.78 is 0. The Bertz CT molecular complexity index is 186. The van der Waals surface area contributed by atoms with Gasteiger partial charge in [-0.3, -0.25) is 4.90 Å². The SMILES string of the molecule is OC1CCCN(C2CCCC2O)CC1. The van der Waals surface area contributed by atoms with Crippen molar-refractivity contribution in [3.8, 4) is 0 Å². The normalized spacial score (nSPS) is 41.1. The molecule has 14 heavy (non-hydrogen) atoms.